The molecule has 0 aromatic heterocycles. The fraction of sp³-hybridized carbons (Fsp3) is 0.600. The molecule has 1 saturated heterocycles. The number of nitrogens with zero attached hydrogens (tertiary/aromatic N) is 2. The lowest BCUT2D eigenvalue weighted by molar-refractivity contribution is -0.125. The van der Waals surface area contributed by atoms with E-state index in [9.17, 15) is 9.59 Å². The van der Waals surface area contributed by atoms with Gasteiger partial charge in [-0.3, -0.25) is 9.59 Å². The van der Waals surface area contributed by atoms with Crippen LogP contribution in [0.2, 0.25) is 0 Å². The average Bonchev–Trinajstić information content (AvgIpc) is 3.15. The number of anilines is 1. The van der Waals surface area contributed by atoms with Crippen LogP contribution in [0.4, 0.5) is 5.69 Å². The summed E-state index contributed by atoms with van der Waals surface area (Å²) in [5.41, 5.74) is 0.744. The molecule has 1 aromatic rings. The van der Waals surface area contributed by atoms with Crippen LogP contribution >= 0.6 is 0 Å². The zero-order chi connectivity index (χ0) is 18.4. The van der Waals surface area contributed by atoms with Crippen molar-refractivity contribution in [3.05, 3.63) is 24.3 Å². The lowest BCUT2D eigenvalue weighted by Gasteiger charge is -2.32. The third kappa shape index (κ3) is 4.75. The van der Waals surface area contributed by atoms with Gasteiger partial charge in [-0.05, 0) is 64.4 Å². The molecule has 2 aliphatic rings. The molecule has 0 aliphatic carbocycles. The predicted octanol–water partition coefficient (Wildman–Crippen LogP) is 2.18. The quantitative estimate of drug-likeness (QED) is 0.723. The molecule has 1 aromatic carbocycles. The van der Waals surface area contributed by atoms with Gasteiger partial charge in [0, 0.05) is 19.5 Å². The normalized spacial score (nSPS) is 20.0. The number of ether oxygens (including phenoxy) is 1. The number of likely N-dealkylation sites (tertiary alicyclic amines) is 1. The molecular weight excluding hydrogens is 330 g/mol. The molecule has 26 heavy (non-hydrogen) atoms. The van der Waals surface area contributed by atoms with Crippen LogP contribution in [0.5, 0.6) is 5.75 Å². The fourth-order valence-corrected chi connectivity index (χ4v) is 3.59. The molecule has 2 aliphatic heterocycles. The first-order chi connectivity index (χ1) is 12.6. The maximum absolute atomic E-state index is 12.4. The second-order valence-corrected chi connectivity index (χ2v) is 7.07. The number of para-hydroxylation sites is 2. The van der Waals surface area contributed by atoms with Crippen molar-refractivity contribution in [1.29, 1.82) is 0 Å². The van der Waals surface area contributed by atoms with Crippen LogP contribution in [0.25, 0.3) is 0 Å². The second-order valence-electron chi connectivity index (χ2n) is 7.07. The van der Waals surface area contributed by atoms with E-state index in [1.54, 1.807) is 11.8 Å². The third-order valence-electron chi connectivity index (χ3n) is 5.06. The van der Waals surface area contributed by atoms with E-state index in [1.807, 2.05) is 24.3 Å². The monoisotopic (exact) mass is 359 g/mol. The molecule has 6 heteroatoms. The van der Waals surface area contributed by atoms with Gasteiger partial charge in [-0.25, -0.2) is 0 Å². The van der Waals surface area contributed by atoms with E-state index in [0.29, 0.717) is 25.3 Å². The van der Waals surface area contributed by atoms with Gasteiger partial charge >= 0.3 is 0 Å². The van der Waals surface area contributed by atoms with Crippen LogP contribution in [-0.4, -0.2) is 55.5 Å². The number of rotatable bonds is 8. The lowest BCUT2D eigenvalue weighted by atomic mass is 10.1. The first-order valence-electron chi connectivity index (χ1n) is 9.71. The molecule has 0 spiro atoms. The van der Waals surface area contributed by atoms with Gasteiger partial charge in [0.2, 0.25) is 5.91 Å². The number of fused-ring (bicyclic) bond motifs is 1. The van der Waals surface area contributed by atoms with Gasteiger partial charge in [-0.2, -0.15) is 0 Å². The van der Waals surface area contributed by atoms with Crippen LogP contribution in [0, 0.1) is 0 Å². The number of hydrogen-bond donors (Lipinski definition) is 1. The van der Waals surface area contributed by atoms with Gasteiger partial charge in [0.05, 0.1) is 5.69 Å². The molecule has 0 bridgehead atoms. The van der Waals surface area contributed by atoms with Gasteiger partial charge in [0.1, 0.15) is 5.75 Å². The number of carbonyl (C=O) groups is 2. The topological polar surface area (TPSA) is 61.9 Å². The standard InChI is InChI=1S/C20H29N3O3/c1-16-20(25)23(17-8-2-3-9-18(17)26-16)15-10-19(24)21-11-4-5-12-22-13-6-7-14-22/h2-3,8-9,16H,4-7,10-15H2,1H3,(H,21,24). The second kappa shape index (κ2) is 9.03. The molecule has 142 valence electrons. The molecule has 6 nitrogen and oxygen atoms in total. The van der Waals surface area contributed by atoms with E-state index < -0.39 is 6.10 Å². The Hall–Kier alpha value is -2.08. The van der Waals surface area contributed by atoms with Crippen LogP contribution in [-0.2, 0) is 9.59 Å². The first kappa shape index (κ1) is 18.7. The number of benzene rings is 1. The van der Waals surface area contributed by atoms with Crippen molar-refractivity contribution >= 4 is 17.5 Å². The Labute approximate surface area is 155 Å². The highest BCUT2D eigenvalue weighted by molar-refractivity contribution is 6.00. The minimum Gasteiger partial charge on any atom is -0.479 e. The maximum atomic E-state index is 12.4. The van der Waals surface area contributed by atoms with Crippen molar-refractivity contribution in [3.8, 4) is 5.75 Å². The molecule has 1 atom stereocenters. The molecular formula is C20H29N3O3. The lowest BCUT2D eigenvalue weighted by Crippen LogP contribution is -2.45. The van der Waals surface area contributed by atoms with Crippen molar-refractivity contribution in [2.24, 2.45) is 0 Å². The summed E-state index contributed by atoms with van der Waals surface area (Å²) in [6.07, 6.45) is 4.54. The minimum atomic E-state index is -0.515. The van der Waals surface area contributed by atoms with Gasteiger partial charge in [0.25, 0.3) is 5.91 Å². The SMILES string of the molecule is CC1Oc2ccccc2N(CCC(=O)NCCCCN2CCCC2)C1=O. The summed E-state index contributed by atoms with van der Waals surface area (Å²) >= 11 is 0. The van der Waals surface area contributed by atoms with Gasteiger partial charge in [-0.1, -0.05) is 12.1 Å². The maximum Gasteiger partial charge on any atom is 0.267 e. The van der Waals surface area contributed by atoms with E-state index in [2.05, 4.69) is 10.2 Å². The highest BCUT2D eigenvalue weighted by Crippen LogP contribution is 2.33. The van der Waals surface area contributed by atoms with E-state index in [-0.39, 0.29) is 11.8 Å². The Balaban J connectivity index is 1.39. The Bertz CT molecular complexity index is 628. The van der Waals surface area contributed by atoms with Crippen molar-refractivity contribution in [2.45, 2.75) is 45.1 Å². The Morgan fingerprint density at radius 3 is 2.77 bits per heavy atom. The van der Waals surface area contributed by atoms with Crippen LogP contribution in [0.3, 0.4) is 0 Å². The molecule has 1 fully saturated rings. The van der Waals surface area contributed by atoms with Crippen LogP contribution < -0.4 is 15.0 Å². The zero-order valence-electron chi connectivity index (χ0n) is 15.6. The molecule has 1 N–H and O–H groups in total. The molecule has 0 radical (unpaired) electrons. The summed E-state index contributed by atoms with van der Waals surface area (Å²) in [5.74, 6) is 0.597. The number of amides is 2. The summed E-state index contributed by atoms with van der Waals surface area (Å²) in [6.45, 7) is 6.40. The van der Waals surface area contributed by atoms with Crippen molar-refractivity contribution < 1.29 is 14.3 Å². The zero-order valence-corrected chi connectivity index (χ0v) is 15.6. The molecule has 2 amide bonds. The summed E-state index contributed by atoms with van der Waals surface area (Å²) < 4.78 is 5.62. The van der Waals surface area contributed by atoms with Gasteiger partial charge < -0.3 is 19.9 Å². The van der Waals surface area contributed by atoms with E-state index in [0.717, 1.165) is 25.1 Å². The molecule has 0 saturated carbocycles. The number of hydrogen-bond acceptors (Lipinski definition) is 4. The average molecular weight is 359 g/mol. The fourth-order valence-electron chi connectivity index (χ4n) is 3.59. The van der Waals surface area contributed by atoms with Crippen molar-refractivity contribution in [1.82, 2.24) is 10.2 Å². The largest absolute Gasteiger partial charge is 0.479 e. The molecule has 2 heterocycles. The van der Waals surface area contributed by atoms with Gasteiger partial charge in [0.15, 0.2) is 6.10 Å². The summed E-state index contributed by atoms with van der Waals surface area (Å²) in [6, 6.07) is 7.47. The Morgan fingerprint density at radius 2 is 1.96 bits per heavy atom. The molecule has 1 unspecified atom stereocenters. The highest BCUT2D eigenvalue weighted by Gasteiger charge is 2.31. The van der Waals surface area contributed by atoms with Crippen molar-refractivity contribution in [3.63, 3.8) is 0 Å². The first-order valence-corrected chi connectivity index (χ1v) is 9.71. The number of carbonyl (C=O) groups excluding carboxylic acids is 2. The van der Waals surface area contributed by atoms with Crippen LogP contribution in [0.15, 0.2) is 24.3 Å². The highest BCUT2D eigenvalue weighted by atomic mass is 16.5. The van der Waals surface area contributed by atoms with Crippen LogP contribution in [0.1, 0.15) is 39.0 Å². The minimum absolute atomic E-state index is 0.00408. The van der Waals surface area contributed by atoms with E-state index in [1.165, 1.54) is 25.9 Å². The summed E-state index contributed by atoms with van der Waals surface area (Å²) in [4.78, 5) is 28.7. The van der Waals surface area contributed by atoms with E-state index >= 15 is 0 Å². The summed E-state index contributed by atoms with van der Waals surface area (Å²) in [7, 11) is 0. The third-order valence-corrected chi connectivity index (χ3v) is 5.06. The van der Waals surface area contributed by atoms with E-state index in [4.69, 9.17) is 4.74 Å². The Kier molecular flexibility index (Phi) is 6.50. The summed E-state index contributed by atoms with van der Waals surface area (Å²) in [5, 5.41) is 2.97. The number of unbranched alkanes of at least 4 members (excludes halogenated alkanes) is 1. The predicted molar refractivity (Wildman–Crippen MR) is 101 cm³/mol. The van der Waals surface area contributed by atoms with Crippen molar-refractivity contribution in [2.75, 3.05) is 37.6 Å². The van der Waals surface area contributed by atoms with Gasteiger partial charge in [-0.15, -0.1) is 0 Å². The number of nitrogens with one attached hydrogen (secondary N) is 1. The Morgan fingerprint density at radius 1 is 1.19 bits per heavy atom. The smallest absolute Gasteiger partial charge is 0.267 e. The molecule has 3 rings (SSSR count).